The van der Waals surface area contributed by atoms with Crippen LogP contribution in [0, 0.1) is 5.41 Å². The maximum atomic E-state index is 11.1. The number of nitrogens with two attached hydrogens (primary N) is 1. The fourth-order valence-electron chi connectivity index (χ4n) is 1.71. The lowest BCUT2D eigenvalue weighted by molar-refractivity contribution is -0.145. The van der Waals surface area contributed by atoms with Gasteiger partial charge in [0.2, 0.25) is 0 Å². The van der Waals surface area contributed by atoms with Gasteiger partial charge in [-0.15, -0.1) is 0 Å². The van der Waals surface area contributed by atoms with Crippen LogP contribution in [0.4, 0.5) is 0 Å². The van der Waals surface area contributed by atoms with Crippen LogP contribution in [0.1, 0.15) is 53.4 Å². The molecule has 3 nitrogen and oxygen atoms in total. The van der Waals surface area contributed by atoms with E-state index in [0.717, 1.165) is 12.8 Å². The lowest BCUT2D eigenvalue weighted by Gasteiger charge is -2.31. The average Bonchev–Trinajstić information content (AvgIpc) is 1.97. The van der Waals surface area contributed by atoms with E-state index in [1.807, 2.05) is 27.7 Å². The van der Waals surface area contributed by atoms with Crippen LogP contribution in [-0.4, -0.2) is 16.6 Å². The van der Waals surface area contributed by atoms with E-state index in [-0.39, 0.29) is 5.41 Å². The summed E-state index contributed by atoms with van der Waals surface area (Å²) in [5, 5.41) is 9.10. The Morgan fingerprint density at radius 3 is 2.14 bits per heavy atom. The second kappa shape index (κ2) is 4.78. The van der Waals surface area contributed by atoms with Crippen LogP contribution in [0.5, 0.6) is 0 Å². The molecule has 0 aliphatic rings. The van der Waals surface area contributed by atoms with Gasteiger partial charge in [0.25, 0.3) is 0 Å². The second-order valence-electron chi connectivity index (χ2n) is 5.30. The van der Waals surface area contributed by atoms with Crippen LogP contribution in [-0.2, 0) is 4.79 Å². The molecule has 3 heteroatoms. The number of carbonyl (C=O) groups is 1. The first-order valence-corrected chi connectivity index (χ1v) is 5.23. The van der Waals surface area contributed by atoms with Gasteiger partial charge in [0, 0.05) is 0 Å². The summed E-state index contributed by atoms with van der Waals surface area (Å²) < 4.78 is 0. The summed E-state index contributed by atoms with van der Waals surface area (Å²) in [6.07, 6.45) is 2.95. The Labute approximate surface area is 86.7 Å². The monoisotopic (exact) mass is 201 g/mol. The molecule has 0 saturated heterocycles. The van der Waals surface area contributed by atoms with Crippen LogP contribution < -0.4 is 5.73 Å². The summed E-state index contributed by atoms with van der Waals surface area (Å²) in [6, 6.07) is 0. The van der Waals surface area contributed by atoms with Crippen LogP contribution in [0.3, 0.4) is 0 Å². The smallest absolute Gasteiger partial charge is 0.323 e. The standard InChI is InChI=1S/C11H23NO2/c1-5-6-7-11(12,9(13)14)8-10(2,3)4/h5-8,12H2,1-4H3,(H,13,14). The van der Waals surface area contributed by atoms with Crippen LogP contribution in [0.25, 0.3) is 0 Å². The fraction of sp³-hybridized carbons (Fsp3) is 0.909. The summed E-state index contributed by atoms with van der Waals surface area (Å²) in [4.78, 5) is 11.1. The van der Waals surface area contributed by atoms with Gasteiger partial charge in [-0.1, -0.05) is 40.5 Å². The van der Waals surface area contributed by atoms with Crippen LogP contribution in [0.15, 0.2) is 0 Å². The normalized spacial score (nSPS) is 16.4. The quantitative estimate of drug-likeness (QED) is 0.718. The Morgan fingerprint density at radius 1 is 1.36 bits per heavy atom. The average molecular weight is 201 g/mol. The van der Waals surface area contributed by atoms with Crippen LogP contribution >= 0.6 is 0 Å². The largest absolute Gasteiger partial charge is 0.480 e. The van der Waals surface area contributed by atoms with Gasteiger partial charge < -0.3 is 10.8 Å². The van der Waals surface area contributed by atoms with Crippen molar-refractivity contribution in [1.82, 2.24) is 0 Å². The minimum atomic E-state index is -1.05. The molecule has 0 heterocycles. The highest BCUT2D eigenvalue weighted by Gasteiger charge is 2.37. The Hall–Kier alpha value is -0.570. The third-order valence-corrected chi connectivity index (χ3v) is 2.25. The SMILES string of the molecule is CCCCC(N)(CC(C)(C)C)C(=O)O. The highest BCUT2D eigenvalue weighted by molar-refractivity contribution is 5.78. The van der Waals surface area contributed by atoms with Gasteiger partial charge in [-0.3, -0.25) is 4.79 Å². The van der Waals surface area contributed by atoms with Crippen molar-refractivity contribution >= 4 is 5.97 Å². The topological polar surface area (TPSA) is 63.3 Å². The van der Waals surface area contributed by atoms with E-state index in [2.05, 4.69) is 0 Å². The van der Waals surface area contributed by atoms with Gasteiger partial charge >= 0.3 is 5.97 Å². The van der Waals surface area contributed by atoms with Gasteiger partial charge in [0.1, 0.15) is 5.54 Å². The second-order valence-corrected chi connectivity index (χ2v) is 5.30. The Kier molecular flexibility index (Phi) is 4.59. The molecule has 3 N–H and O–H groups in total. The minimum absolute atomic E-state index is 0.0408. The van der Waals surface area contributed by atoms with Gasteiger partial charge in [0.15, 0.2) is 0 Å². The van der Waals surface area contributed by atoms with Crippen molar-refractivity contribution in [2.45, 2.75) is 58.9 Å². The zero-order valence-corrected chi connectivity index (χ0v) is 9.76. The van der Waals surface area contributed by atoms with E-state index in [1.54, 1.807) is 0 Å². The number of aliphatic carboxylic acids is 1. The van der Waals surface area contributed by atoms with Crippen LogP contribution in [0.2, 0.25) is 0 Å². The molecule has 0 aromatic rings. The Balaban J connectivity index is 4.48. The van der Waals surface area contributed by atoms with Crippen molar-refractivity contribution in [3.05, 3.63) is 0 Å². The van der Waals surface area contributed by atoms with Crippen molar-refractivity contribution in [3.8, 4) is 0 Å². The summed E-state index contributed by atoms with van der Waals surface area (Å²) in [5.74, 6) is -0.874. The predicted octanol–water partition coefficient (Wildman–Crippen LogP) is 2.39. The molecular weight excluding hydrogens is 178 g/mol. The maximum absolute atomic E-state index is 11.1. The fourth-order valence-corrected chi connectivity index (χ4v) is 1.71. The number of carboxylic acids is 1. The molecule has 14 heavy (non-hydrogen) atoms. The zero-order valence-electron chi connectivity index (χ0n) is 9.76. The summed E-state index contributed by atoms with van der Waals surface area (Å²) in [6.45, 7) is 8.09. The van der Waals surface area contributed by atoms with E-state index in [4.69, 9.17) is 10.8 Å². The number of hydrogen-bond acceptors (Lipinski definition) is 2. The lowest BCUT2D eigenvalue weighted by Crippen LogP contribution is -2.50. The summed E-state index contributed by atoms with van der Waals surface area (Å²) in [7, 11) is 0. The molecule has 0 amide bonds. The first kappa shape index (κ1) is 13.4. The third kappa shape index (κ3) is 4.61. The molecule has 0 aromatic heterocycles. The molecule has 0 spiro atoms. The maximum Gasteiger partial charge on any atom is 0.323 e. The van der Waals surface area contributed by atoms with E-state index in [9.17, 15) is 4.79 Å². The Morgan fingerprint density at radius 2 is 1.86 bits per heavy atom. The molecule has 0 fully saturated rings. The van der Waals surface area contributed by atoms with Gasteiger partial charge in [-0.2, -0.15) is 0 Å². The van der Waals surface area contributed by atoms with Crippen molar-refractivity contribution in [3.63, 3.8) is 0 Å². The van der Waals surface area contributed by atoms with E-state index >= 15 is 0 Å². The zero-order chi connectivity index (χ0) is 11.4. The van der Waals surface area contributed by atoms with E-state index < -0.39 is 11.5 Å². The lowest BCUT2D eigenvalue weighted by atomic mass is 9.78. The van der Waals surface area contributed by atoms with Crippen molar-refractivity contribution in [2.24, 2.45) is 11.1 Å². The molecule has 84 valence electrons. The molecule has 0 saturated carbocycles. The first-order chi connectivity index (χ1) is 6.21. The number of unbranched alkanes of at least 4 members (excludes halogenated alkanes) is 1. The number of rotatable bonds is 5. The highest BCUT2D eigenvalue weighted by atomic mass is 16.4. The molecule has 0 aromatic carbocycles. The molecule has 1 unspecified atom stereocenters. The third-order valence-electron chi connectivity index (χ3n) is 2.25. The molecule has 0 radical (unpaired) electrons. The number of hydrogen-bond donors (Lipinski definition) is 2. The molecule has 0 aliphatic heterocycles. The van der Waals surface area contributed by atoms with E-state index in [1.165, 1.54) is 0 Å². The van der Waals surface area contributed by atoms with Crippen molar-refractivity contribution < 1.29 is 9.90 Å². The van der Waals surface area contributed by atoms with Crippen molar-refractivity contribution in [1.29, 1.82) is 0 Å². The first-order valence-electron chi connectivity index (χ1n) is 5.23. The minimum Gasteiger partial charge on any atom is -0.480 e. The molecule has 0 rings (SSSR count). The number of carboxylic acid groups (broad SMARTS) is 1. The van der Waals surface area contributed by atoms with Gasteiger partial charge in [-0.05, 0) is 18.3 Å². The van der Waals surface area contributed by atoms with Gasteiger partial charge in [0.05, 0.1) is 0 Å². The highest BCUT2D eigenvalue weighted by Crippen LogP contribution is 2.29. The molecule has 0 bridgehead atoms. The summed E-state index contributed by atoms with van der Waals surface area (Å²) in [5.41, 5.74) is 4.83. The Bertz CT molecular complexity index is 196. The predicted molar refractivity (Wildman–Crippen MR) is 58.2 cm³/mol. The summed E-state index contributed by atoms with van der Waals surface area (Å²) >= 11 is 0. The van der Waals surface area contributed by atoms with E-state index in [0.29, 0.717) is 12.8 Å². The van der Waals surface area contributed by atoms with Gasteiger partial charge in [-0.25, -0.2) is 0 Å². The molecule has 0 aliphatic carbocycles. The molecular formula is C11H23NO2. The van der Waals surface area contributed by atoms with Crippen molar-refractivity contribution in [2.75, 3.05) is 0 Å². The molecule has 1 atom stereocenters.